The number of hydrogen-bond donors (Lipinski definition) is 0. The van der Waals surface area contributed by atoms with Crippen LogP contribution < -0.4 is 24.0 Å². The van der Waals surface area contributed by atoms with E-state index in [2.05, 4.69) is 4.74 Å². The van der Waals surface area contributed by atoms with E-state index in [1.807, 2.05) is 6.08 Å². The second kappa shape index (κ2) is 10.6. The van der Waals surface area contributed by atoms with Gasteiger partial charge < -0.3 is 24.0 Å². The zero-order chi connectivity index (χ0) is 7.82. The van der Waals surface area contributed by atoms with E-state index >= 15 is 0 Å². The van der Waals surface area contributed by atoms with Crippen LogP contribution >= 0.6 is 0 Å². The van der Waals surface area contributed by atoms with E-state index in [0.717, 1.165) is 6.42 Å². The number of hydrogen-bond acceptors (Lipinski definition) is 2. The minimum Gasteiger partial charge on any atom is -1.00 e. The van der Waals surface area contributed by atoms with Crippen LogP contribution in [0.1, 0.15) is 12.8 Å². The Morgan fingerprint density at radius 3 is 2.73 bits per heavy atom. The molecule has 0 bridgehead atoms. The molecule has 0 N–H and O–H groups in total. The third kappa shape index (κ3) is 10.6. The molecule has 11 heavy (non-hydrogen) atoms. The van der Waals surface area contributed by atoms with Crippen molar-refractivity contribution < 1.29 is 51.8 Å². The Balaban J connectivity index is 0. The van der Waals surface area contributed by atoms with E-state index in [1.165, 1.54) is 42.9 Å². The van der Waals surface area contributed by atoms with Crippen molar-refractivity contribution in [2.75, 3.05) is 7.11 Å². The molecule has 0 aromatic rings. The van der Waals surface area contributed by atoms with Gasteiger partial charge in [0.15, 0.2) is 0 Å². The zero-order valence-corrected chi connectivity index (χ0v) is 11.8. The Bertz CT molecular complexity index is 126. The van der Waals surface area contributed by atoms with Crippen molar-refractivity contribution in [1.82, 2.24) is 0 Å². The summed E-state index contributed by atoms with van der Waals surface area (Å²) in [6, 6.07) is 0. The quantitative estimate of drug-likeness (QED) is 0.207. The monoisotopic (exact) mass is 318 g/mol. The molecule has 0 unspecified atom stereocenters. The number of halogens is 1. The molecule has 0 aliphatic heterocycles. The number of esters is 1. The van der Waals surface area contributed by atoms with Gasteiger partial charge in [0.2, 0.25) is 0 Å². The molecular weight excluding hydrogens is 308 g/mol. The molecule has 0 saturated carbocycles. The largest absolute Gasteiger partial charge is 1.00 e. The summed E-state index contributed by atoms with van der Waals surface area (Å²) in [7, 11) is 1.39. The van der Waals surface area contributed by atoms with Gasteiger partial charge in [0.05, 0.1) is 0 Å². The van der Waals surface area contributed by atoms with Crippen LogP contribution in [0.4, 0.5) is 0 Å². The van der Waals surface area contributed by atoms with Crippen LogP contribution in [-0.2, 0) is 27.8 Å². The maximum Gasteiger partial charge on any atom is -1.00 e. The van der Waals surface area contributed by atoms with Gasteiger partial charge in [-0.2, -0.15) is 0 Å². The van der Waals surface area contributed by atoms with Crippen molar-refractivity contribution in [3.63, 3.8) is 0 Å². The molecule has 60 valence electrons. The summed E-state index contributed by atoms with van der Waals surface area (Å²) in [4.78, 5) is 10.5. The predicted octanol–water partition coefficient (Wildman–Crippen LogP) is -1.54. The van der Waals surface area contributed by atoms with Crippen LogP contribution in [0.15, 0.2) is 12.2 Å². The molecule has 0 heterocycles. The fourth-order valence-electron chi connectivity index (χ4n) is 0.510. The van der Waals surface area contributed by atoms with Crippen LogP contribution in [0, 0.1) is 0 Å². The molecule has 0 rings (SSSR count). The molecule has 0 radical (unpaired) electrons. The average Bonchev–Trinajstić information content (AvgIpc) is 1.98. The third-order valence-electron chi connectivity index (χ3n) is 1.08. The second-order valence-corrected chi connectivity index (χ2v) is 3.40. The molecule has 2 nitrogen and oxygen atoms in total. The normalized spacial score (nSPS) is 9.36. The second-order valence-electron chi connectivity index (χ2n) is 1.92. The topological polar surface area (TPSA) is 26.3 Å². The average molecular weight is 319 g/mol. The summed E-state index contributed by atoms with van der Waals surface area (Å²) in [6.07, 6.45) is 5.53. The van der Waals surface area contributed by atoms with Crippen molar-refractivity contribution in [3.8, 4) is 0 Å². The minimum absolute atomic E-state index is 0. The van der Waals surface area contributed by atoms with Gasteiger partial charge in [-0.1, -0.05) is 0 Å². The molecular formula is C7H11IO2Zn. The summed E-state index contributed by atoms with van der Waals surface area (Å²) in [5.41, 5.74) is 0. The summed E-state index contributed by atoms with van der Waals surface area (Å²) in [5, 5.41) is 1.28. The molecule has 0 fully saturated rings. The van der Waals surface area contributed by atoms with Crippen molar-refractivity contribution in [2.24, 2.45) is 0 Å². The standard InChI is InChI=1S/C7H11O2.HI.Zn/c1-3-4-5-6-7(8)9-2;;/h5-6H,1,3-4H2,2H3;1H;/q;;+1/p-1/b6-5+;;. The first-order valence-corrected chi connectivity index (χ1v) is 5.44. The Kier molecular flexibility index (Phi) is 13.5. The maximum absolute atomic E-state index is 10.5. The predicted molar refractivity (Wildman–Crippen MR) is 35.2 cm³/mol. The number of rotatable bonds is 4. The third-order valence-corrected chi connectivity index (χ3v) is 2.12. The Morgan fingerprint density at radius 2 is 2.27 bits per heavy atom. The van der Waals surface area contributed by atoms with Gasteiger partial charge in [-0.15, -0.1) is 0 Å². The Morgan fingerprint density at radius 1 is 1.64 bits per heavy atom. The molecule has 0 amide bonds. The molecule has 0 aromatic carbocycles. The van der Waals surface area contributed by atoms with Gasteiger partial charge in [-0.05, 0) is 0 Å². The summed E-state index contributed by atoms with van der Waals surface area (Å²) < 4.78 is 4.41. The Labute approximate surface area is 94.5 Å². The fraction of sp³-hybridized carbons (Fsp3) is 0.571. The molecule has 0 spiro atoms. The number of methoxy groups -OCH3 is 1. The van der Waals surface area contributed by atoms with Gasteiger partial charge in [-0.25, -0.2) is 0 Å². The van der Waals surface area contributed by atoms with Crippen molar-refractivity contribution in [2.45, 2.75) is 17.9 Å². The van der Waals surface area contributed by atoms with Crippen LogP contribution in [0.3, 0.4) is 0 Å². The summed E-state index contributed by atoms with van der Waals surface area (Å²) in [5.74, 6) is -0.257. The fourth-order valence-corrected chi connectivity index (χ4v) is 1.12. The number of carbonyl (C=O) groups is 1. The first kappa shape index (κ1) is 14.1. The minimum atomic E-state index is -0.257. The number of allylic oxidation sites excluding steroid dienone is 1. The van der Waals surface area contributed by atoms with E-state index in [9.17, 15) is 4.79 Å². The van der Waals surface area contributed by atoms with Gasteiger partial charge in [-0.3, -0.25) is 0 Å². The first-order valence-electron chi connectivity index (χ1n) is 3.35. The van der Waals surface area contributed by atoms with E-state index in [4.69, 9.17) is 0 Å². The van der Waals surface area contributed by atoms with Crippen LogP contribution in [-0.4, -0.2) is 13.1 Å². The number of carbonyl (C=O) groups excluding carboxylic acids is 1. The van der Waals surface area contributed by atoms with Crippen LogP contribution in [0.2, 0.25) is 5.02 Å². The van der Waals surface area contributed by atoms with Crippen molar-refractivity contribution in [3.05, 3.63) is 12.2 Å². The van der Waals surface area contributed by atoms with Crippen LogP contribution in [0.5, 0.6) is 0 Å². The van der Waals surface area contributed by atoms with Crippen molar-refractivity contribution in [1.29, 1.82) is 0 Å². The van der Waals surface area contributed by atoms with Crippen molar-refractivity contribution >= 4 is 5.97 Å². The maximum atomic E-state index is 10.5. The number of ether oxygens (including phenoxy) is 1. The number of unbranched alkanes of at least 4 members (excludes halogenated alkanes) is 1. The molecule has 0 atom stereocenters. The van der Waals surface area contributed by atoms with E-state index in [0.29, 0.717) is 0 Å². The smallest absolute Gasteiger partial charge is 1.00 e. The summed E-state index contributed by atoms with van der Waals surface area (Å²) >= 11 is 1.34. The van der Waals surface area contributed by atoms with Crippen LogP contribution in [0.25, 0.3) is 0 Å². The molecule has 0 aliphatic rings. The SMILES string of the molecule is COC(=O)/C=C/CC[CH2][Zn+].[I-]. The molecule has 0 saturated heterocycles. The van der Waals surface area contributed by atoms with E-state index < -0.39 is 0 Å². The molecule has 0 aromatic heterocycles. The first-order chi connectivity index (χ1) is 4.81. The van der Waals surface area contributed by atoms with Gasteiger partial charge in [0.25, 0.3) is 0 Å². The Hall–Kier alpha value is 0.563. The van der Waals surface area contributed by atoms with E-state index in [-0.39, 0.29) is 29.9 Å². The van der Waals surface area contributed by atoms with E-state index in [1.54, 1.807) is 0 Å². The van der Waals surface area contributed by atoms with Gasteiger partial charge in [0, 0.05) is 0 Å². The summed E-state index contributed by atoms with van der Waals surface area (Å²) in [6.45, 7) is 0. The molecule has 4 heteroatoms. The van der Waals surface area contributed by atoms with Gasteiger partial charge in [0.1, 0.15) is 0 Å². The zero-order valence-electron chi connectivity index (χ0n) is 6.68. The molecule has 0 aliphatic carbocycles. The van der Waals surface area contributed by atoms with Gasteiger partial charge >= 0.3 is 70.9 Å².